The Hall–Kier alpha value is -1.80. The highest BCUT2D eigenvalue weighted by molar-refractivity contribution is 5.58. The number of aromatic nitrogens is 1. The van der Waals surface area contributed by atoms with Gasteiger partial charge in [-0.1, -0.05) is 0 Å². The third kappa shape index (κ3) is 2.86. The van der Waals surface area contributed by atoms with Crippen molar-refractivity contribution in [1.82, 2.24) is 4.98 Å². The SMILES string of the molecule is CC(C)(O)C(C)(C)Nc1ncc(N)cc1C#N. The molecule has 1 aromatic rings. The molecule has 1 rings (SSSR count). The molecule has 0 aliphatic heterocycles. The fraction of sp³-hybridized carbons (Fsp3) is 0.500. The summed E-state index contributed by atoms with van der Waals surface area (Å²) in [5.74, 6) is 0.425. The summed E-state index contributed by atoms with van der Waals surface area (Å²) in [4.78, 5) is 4.08. The highest BCUT2D eigenvalue weighted by Crippen LogP contribution is 2.26. The summed E-state index contributed by atoms with van der Waals surface area (Å²) < 4.78 is 0. The van der Waals surface area contributed by atoms with Gasteiger partial charge in [0.05, 0.1) is 28.6 Å². The first-order valence-electron chi connectivity index (χ1n) is 5.33. The summed E-state index contributed by atoms with van der Waals surface area (Å²) in [5, 5.41) is 22.1. The van der Waals surface area contributed by atoms with E-state index in [4.69, 9.17) is 11.0 Å². The molecule has 4 N–H and O–H groups in total. The summed E-state index contributed by atoms with van der Waals surface area (Å²) in [6.07, 6.45) is 1.48. The van der Waals surface area contributed by atoms with Gasteiger partial charge in [-0.15, -0.1) is 0 Å². The number of nitrogens with two attached hydrogens (primary N) is 1. The minimum absolute atomic E-state index is 0.363. The number of pyridine rings is 1. The fourth-order valence-corrected chi connectivity index (χ4v) is 1.11. The number of hydrogen-bond donors (Lipinski definition) is 3. The molecule has 0 bridgehead atoms. The molecule has 0 saturated heterocycles. The molecule has 1 heterocycles. The van der Waals surface area contributed by atoms with E-state index in [-0.39, 0.29) is 0 Å². The molecule has 0 aliphatic carbocycles. The van der Waals surface area contributed by atoms with E-state index in [2.05, 4.69) is 10.3 Å². The van der Waals surface area contributed by atoms with Gasteiger partial charge in [0.2, 0.25) is 0 Å². The van der Waals surface area contributed by atoms with Crippen LogP contribution in [-0.2, 0) is 0 Å². The second-order valence-corrected chi connectivity index (χ2v) is 5.09. The van der Waals surface area contributed by atoms with Crippen molar-refractivity contribution in [3.8, 4) is 6.07 Å². The van der Waals surface area contributed by atoms with Crippen molar-refractivity contribution in [2.75, 3.05) is 11.1 Å². The van der Waals surface area contributed by atoms with Crippen LogP contribution in [0.25, 0.3) is 0 Å². The summed E-state index contributed by atoms with van der Waals surface area (Å²) in [6.45, 7) is 7.07. The lowest BCUT2D eigenvalue weighted by molar-refractivity contribution is 0.0239. The molecule has 17 heavy (non-hydrogen) atoms. The maximum absolute atomic E-state index is 10.0. The zero-order chi connectivity index (χ0) is 13.3. The molecular weight excluding hydrogens is 216 g/mol. The highest BCUT2D eigenvalue weighted by Gasteiger charge is 2.35. The van der Waals surface area contributed by atoms with E-state index < -0.39 is 11.1 Å². The zero-order valence-corrected chi connectivity index (χ0v) is 10.6. The van der Waals surface area contributed by atoms with Crippen LogP contribution in [0.2, 0.25) is 0 Å². The third-order valence-electron chi connectivity index (χ3n) is 2.99. The number of nitriles is 1. The van der Waals surface area contributed by atoms with Crippen LogP contribution in [-0.4, -0.2) is 21.2 Å². The Morgan fingerprint density at radius 3 is 2.47 bits per heavy atom. The van der Waals surface area contributed by atoms with E-state index >= 15 is 0 Å². The van der Waals surface area contributed by atoms with E-state index in [9.17, 15) is 5.11 Å². The highest BCUT2D eigenvalue weighted by atomic mass is 16.3. The number of aliphatic hydroxyl groups is 1. The number of hydrogen-bond acceptors (Lipinski definition) is 5. The average molecular weight is 234 g/mol. The molecule has 92 valence electrons. The van der Waals surface area contributed by atoms with Gasteiger partial charge >= 0.3 is 0 Å². The number of nitrogens with zero attached hydrogens (tertiary/aromatic N) is 2. The van der Waals surface area contributed by atoms with Crippen molar-refractivity contribution in [3.05, 3.63) is 17.8 Å². The molecule has 0 fully saturated rings. The van der Waals surface area contributed by atoms with E-state index in [1.54, 1.807) is 19.9 Å². The summed E-state index contributed by atoms with van der Waals surface area (Å²) in [5.41, 5.74) is 4.78. The van der Waals surface area contributed by atoms with Gasteiger partial charge in [0, 0.05) is 0 Å². The van der Waals surface area contributed by atoms with Crippen LogP contribution in [0.3, 0.4) is 0 Å². The fourth-order valence-electron chi connectivity index (χ4n) is 1.11. The molecule has 0 spiro atoms. The average Bonchev–Trinajstić information content (AvgIpc) is 2.18. The van der Waals surface area contributed by atoms with Gasteiger partial charge in [-0.25, -0.2) is 4.98 Å². The topological polar surface area (TPSA) is 95.0 Å². The Bertz CT molecular complexity index is 455. The second kappa shape index (κ2) is 4.22. The first-order chi connectivity index (χ1) is 7.67. The first kappa shape index (κ1) is 13.3. The quantitative estimate of drug-likeness (QED) is 0.736. The zero-order valence-electron chi connectivity index (χ0n) is 10.6. The van der Waals surface area contributed by atoms with Crippen molar-refractivity contribution < 1.29 is 5.11 Å². The second-order valence-electron chi connectivity index (χ2n) is 5.09. The van der Waals surface area contributed by atoms with Crippen molar-refractivity contribution in [2.24, 2.45) is 0 Å². The molecule has 5 nitrogen and oxygen atoms in total. The van der Waals surface area contributed by atoms with Gasteiger partial charge in [0.15, 0.2) is 0 Å². The van der Waals surface area contributed by atoms with Crippen molar-refractivity contribution in [3.63, 3.8) is 0 Å². The number of rotatable bonds is 3. The molecule has 0 atom stereocenters. The minimum Gasteiger partial charge on any atom is -0.397 e. The minimum atomic E-state index is -0.956. The van der Waals surface area contributed by atoms with Gasteiger partial charge in [-0.05, 0) is 33.8 Å². The first-order valence-corrected chi connectivity index (χ1v) is 5.33. The molecule has 0 aliphatic rings. The lowest BCUT2D eigenvalue weighted by Gasteiger charge is -2.38. The number of anilines is 2. The Morgan fingerprint density at radius 2 is 2.00 bits per heavy atom. The lowest BCUT2D eigenvalue weighted by atomic mass is 9.86. The maximum Gasteiger partial charge on any atom is 0.144 e. The normalized spacial score (nSPS) is 12.0. The van der Waals surface area contributed by atoms with Crippen LogP contribution >= 0.6 is 0 Å². The van der Waals surface area contributed by atoms with E-state index in [1.807, 2.05) is 19.9 Å². The third-order valence-corrected chi connectivity index (χ3v) is 2.99. The monoisotopic (exact) mass is 234 g/mol. The maximum atomic E-state index is 10.0. The number of nitrogens with one attached hydrogen (secondary N) is 1. The van der Waals surface area contributed by atoms with Crippen LogP contribution in [0.4, 0.5) is 11.5 Å². The summed E-state index contributed by atoms with van der Waals surface area (Å²) >= 11 is 0. The Kier molecular flexibility index (Phi) is 3.30. The largest absolute Gasteiger partial charge is 0.397 e. The predicted octanol–water partition coefficient (Wildman–Crippen LogP) is 1.50. The smallest absolute Gasteiger partial charge is 0.144 e. The predicted molar refractivity (Wildman–Crippen MR) is 67.4 cm³/mol. The van der Waals surface area contributed by atoms with E-state index in [1.165, 1.54) is 6.20 Å². The van der Waals surface area contributed by atoms with Gasteiger partial charge in [-0.3, -0.25) is 0 Å². The molecule has 0 unspecified atom stereocenters. The standard InChI is InChI=1S/C12H18N4O/c1-11(2,12(3,4)17)16-10-8(6-13)5-9(14)7-15-10/h5,7,17H,14H2,1-4H3,(H,15,16). The van der Waals surface area contributed by atoms with E-state index in [0.29, 0.717) is 17.1 Å². The number of nitrogen functional groups attached to an aromatic ring is 1. The van der Waals surface area contributed by atoms with Crippen molar-refractivity contribution >= 4 is 11.5 Å². The lowest BCUT2D eigenvalue weighted by Crippen LogP contribution is -2.51. The molecule has 0 amide bonds. The van der Waals surface area contributed by atoms with Crippen LogP contribution < -0.4 is 11.1 Å². The van der Waals surface area contributed by atoms with Crippen LogP contribution in [0, 0.1) is 11.3 Å². The Labute approximate surface area is 101 Å². The van der Waals surface area contributed by atoms with Gasteiger partial charge in [0.25, 0.3) is 0 Å². The van der Waals surface area contributed by atoms with Crippen molar-refractivity contribution in [2.45, 2.75) is 38.8 Å². The Morgan fingerprint density at radius 1 is 1.41 bits per heavy atom. The molecule has 1 aromatic heterocycles. The molecule has 0 radical (unpaired) electrons. The van der Waals surface area contributed by atoms with E-state index in [0.717, 1.165) is 0 Å². The molecule has 0 aromatic carbocycles. The summed E-state index contributed by atoms with van der Waals surface area (Å²) in [6, 6.07) is 3.58. The van der Waals surface area contributed by atoms with Crippen LogP contribution in [0.1, 0.15) is 33.3 Å². The molecule has 0 saturated carbocycles. The molecule has 5 heteroatoms. The Balaban J connectivity index is 3.09. The van der Waals surface area contributed by atoms with Crippen LogP contribution in [0.15, 0.2) is 12.3 Å². The summed E-state index contributed by atoms with van der Waals surface area (Å²) in [7, 11) is 0. The van der Waals surface area contributed by atoms with Gasteiger partial charge < -0.3 is 16.2 Å². The van der Waals surface area contributed by atoms with Crippen molar-refractivity contribution in [1.29, 1.82) is 5.26 Å². The molecular formula is C12H18N4O. The van der Waals surface area contributed by atoms with Gasteiger partial charge in [0.1, 0.15) is 11.9 Å². The van der Waals surface area contributed by atoms with Crippen LogP contribution in [0.5, 0.6) is 0 Å². The van der Waals surface area contributed by atoms with Gasteiger partial charge in [-0.2, -0.15) is 5.26 Å².